The fourth-order valence-corrected chi connectivity index (χ4v) is 2.99. The Balaban J connectivity index is 0.00000312. The molecule has 0 aliphatic carbocycles. The Hall–Kier alpha value is -1.66. The molecule has 1 aromatic carbocycles. The van der Waals surface area contributed by atoms with Crippen molar-refractivity contribution in [3.8, 4) is 0 Å². The summed E-state index contributed by atoms with van der Waals surface area (Å²) in [7, 11) is 0. The van der Waals surface area contributed by atoms with Crippen LogP contribution in [-0.2, 0) is 4.79 Å². The molecule has 0 unspecified atom stereocenters. The molecule has 25 heavy (non-hydrogen) atoms. The van der Waals surface area contributed by atoms with Crippen LogP contribution >= 0.6 is 12.4 Å². The molecule has 0 radical (unpaired) electrons. The number of nitrogens with zero attached hydrogens (tertiary/aromatic N) is 2. The maximum atomic E-state index is 13.3. The third kappa shape index (κ3) is 5.97. The van der Waals surface area contributed by atoms with Gasteiger partial charge in [0.2, 0.25) is 5.91 Å². The topological polar surface area (TPSA) is 66.6 Å². The summed E-state index contributed by atoms with van der Waals surface area (Å²) < 4.78 is 13.3. The number of nitrogens with two attached hydrogens (primary N) is 1. The van der Waals surface area contributed by atoms with Gasteiger partial charge in [0.1, 0.15) is 5.82 Å². The summed E-state index contributed by atoms with van der Waals surface area (Å²) in [5, 5.41) is 0. The highest BCUT2D eigenvalue weighted by atomic mass is 35.5. The highest BCUT2D eigenvalue weighted by Crippen LogP contribution is 2.12. The lowest BCUT2D eigenvalue weighted by molar-refractivity contribution is -0.132. The van der Waals surface area contributed by atoms with Crippen molar-refractivity contribution in [3.05, 3.63) is 35.6 Å². The summed E-state index contributed by atoms with van der Waals surface area (Å²) >= 11 is 0. The van der Waals surface area contributed by atoms with Crippen molar-refractivity contribution in [3.63, 3.8) is 0 Å². The third-order valence-electron chi connectivity index (χ3n) is 4.21. The van der Waals surface area contributed by atoms with Crippen LogP contribution in [0, 0.1) is 11.7 Å². The molecule has 1 atom stereocenters. The van der Waals surface area contributed by atoms with Crippen LogP contribution in [0.5, 0.6) is 0 Å². The van der Waals surface area contributed by atoms with Crippen LogP contribution in [0.2, 0.25) is 0 Å². The first kappa shape index (κ1) is 21.4. The minimum absolute atomic E-state index is 0. The van der Waals surface area contributed by atoms with Gasteiger partial charge in [-0.15, -0.1) is 12.4 Å². The number of benzene rings is 1. The van der Waals surface area contributed by atoms with Crippen LogP contribution in [0.15, 0.2) is 24.3 Å². The molecule has 0 aromatic heterocycles. The zero-order valence-corrected chi connectivity index (χ0v) is 15.6. The van der Waals surface area contributed by atoms with Gasteiger partial charge in [-0.1, -0.05) is 19.9 Å². The van der Waals surface area contributed by atoms with E-state index < -0.39 is 11.9 Å². The van der Waals surface area contributed by atoms with Crippen molar-refractivity contribution in [1.29, 1.82) is 0 Å². The van der Waals surface area contributed by atoms with E-state index in [9.17, 15) is 14.0 Å². The standard InChI is InChI=1S/C18H26FN3O2.ClH/c1-13(2)11-16(20)18(24)22-8-4-7-21(9-10-22)17(23)14-5-3-6-15(19)12-14;/h3,5-6,12-13,16H,4,7-11,20H2,1-2H3;1H/t16-;/m0./s1. The smallest absolute Gasteiger partial charge is 0.254 e. The maximum absolute atomic E-state index is 13.3. The third-order valence-corrected chi connectivity index (χ3v) is 4.21. The quantitative estimate of drug-likeness (QED) is 0.883. The van der Waals surface area contributed by atoms with Crippen LogP contribution in [-0.4, -0.2) is 53.8 Å². The Morgan fingerprint density at radius 1 is 1.16 bits per heavy atom. The van der Waals surface area contributed by atoms with Gasteiger partial charge in [0.15, 0.2) is 0 Å². The van der Waals surface area contributed by atoms with Crippen LogP contribution < -0.4 is 5.73 Å². The SMILES string of the molecule is CC(C)C[C@H](N)C(=O)N1CCCN(C(=O)c2cccc(F)c2)CC1.Cl. The predicted molar refractivity (Wildman–Crippen MR) is 98.2 cm³/mol. The van der Waals surface area contributed by atoms with E-state index in [4.69, 9.17) is 5.73 Å². The second-order valence-electron chi connectivity index (χ2n) is 6.72. The zero-order chi connectivity index (χ0) is 17.7. The first-order chi connectivity index (χ1) is 11.4. The van der Waals surface area contributed by atoms with Gasteiger partial charge in [0.05, 0.1) is 6.04 Å². The van der Waals surface area contributed by atoms with Gasteiger partial charge in [-0.2, -0.15) is 0 Å². The van der Waals surface area contributed by atoms with Crippen molar-refractivity contribution < 1.29 is 14.0 Å². The van der Waals surface area contributed by atoms with Gasteiger partial charge in [0, 0.05) is 31.7 Å². The summed E-state index contributed by atoms with van der Waals surface area (Å²) in [4.78, 5) is 28.3. The molecule has 1 aliphatic rings. The van der Waals surface area contributed by atoms with E-state index in [-0.39, 0.29) is 24.2 Å². The summed E-state index contributed by atoms with van der Waals surface area (Å²) in [6.45, 7) is 6.13. The molecule has 1 heterocycles. The lowest BCUT2D eigenvalue weighted by Gasteiger charge is -2.25. The van der Waals surface area contributed by atoms with Crippen molar-refractivity contribution in [1.82, 2.24) is 9.80 Å². The Bertz CT molecular complexity index is 597. The molecule has 0 saturated carbocycles. The van der Waals surface area contributed by atoms with Gasteiger partial charge >= 0.3 is 0 Å². The fraction of sp³-hybridized carbons (Fsp3) is 0.556. The molecule has 0 bridgehead atoms. The van der Waals surface area contributed by atoms with Crippen molar-refractivity contribution in [2.45, 2.75) is 32.7 Å². The molecule has 2 N–H and O–H groups in total. The van der Waals surface area contributed by atoms with Crippen molar-refractivity contribution in [2.75, 3.05) is 26.2 Å². The van der Waals surface area contributed by atoms with E-state index >= 15 is 0 Å². The lowest BCUT2D eigenvalue weighted by atomic mass is 10.0. The summed E-state index contributed by atoms with van der Waals surface area (Å²) in [5.41, 5.74) is 6.33. The number of amides is 2. The predicted octanol–water partition coefficient (Wildman–Crippen LogP) is 2.30. The fourth-order valence-electron chi connectivity index (χ4n) is 2.99. The normalized spacial score (nSPS) is 16.2. The number of halogens is 2. The molecule has 2 amide bonds. The summed E-state index contributed by atoms with van der Waals surface area (Å²) in [5.74, 6) is -0.312. The molecule has 1 aliphatic heterocycles. The monoisotopic (exact) mass is 371 g/mol. The van der Waals surface area contributed by atoms with Gasteiger partial charge in [-0.25, -0.2) is 4.39 Å². The highest BCUT2D eigenvalue weighted by molar-refractivity contribution is 5.94. The summed E-state index contributed by atoms with van der Waals surface area (Å²) in [6.07, 6.45) is 1.35. The van der Waals surface area contributed by atoms with Crippen molar-refractivity contribution in [2.24, 2.45) is 11.7 Å². The van der Waals surface area contributed by atoms with E-state index in [2.05, 4.69) is 0 Å². The second kappa shape index (κ2) is 9.73. The first-order valence-electron chi connectivity index (χ1n) is 8.47. The second-order valence-corrected chi connectivity index (χ2v) is 6.72. The van der Waals surface area contributed by atoms with E-state index in [0.29, 0.717) is 50.5 Å². The molecule has 7 heteroatoms. The number of hydrogen-bond acceptors (Lipinski definition) is 3. The molecule has 5 nitrogen and oxygen atoms in total. The lowest BCUT2D eigenvalue weighted by Crippen LogP contribution is -2.46. The average Bonchev–Trinajstić information content (AvgIpc) is 2.78. The molecule has 140 valence electrons. The Labute approximate surface area is 154 Å². The first-order valence-corrected chi connectivity index (χ1v) is 8.47. The summed E-state index contributed by atoms with van der Waals surface area (Å²) in [6, 6.07) is 5.21. The minimum Gasteiger partial charge on any atom is -0.340 e. The Kier molecular flexibility index (Phi) is 8.32. The van der Waals surface area contributed by atoms with Gasteiger partial charge in [0.25, 0.3) is 5.91 Å². The van der Waals surface area contributed by atoms with Crippen LogP contribution in [0.3, 0.4) is 0 Å². The molecule has 2 rings (SSSR count). The average molecular weight is 372 g/mol. The maximum Gasteiger partial charge on any atom is 0.254 e. The van der Waals surface area contributed by atoms with Gasteiger partial charge in [-0.3, -0.25) is 9.59 Å². The van der Waals surface area contributed by atoms with Crippen LogP contribution in [0.4, 0.5) is 4.39 Å². The number of carbonyl (C=O) groups is 2. The van der Waals surface area contributed by atoms with Crippen LogP contribution in [0.1, 0.15) is 37.0 Å². The number of carbonyl (C=O) groups excluding carboxylic acids is 2. The van der Waals surface area contributed by atoms with Gasteiger partial charge in [-0.05, 0) is 37.0 Å². The van der Waals surface area contributed by atoms with Crippen molar-refractivity contribution >= 4 is 24.2 Å². The molecular weight excluding hydrogens is 345 g/mol. The molecule has 1 aromatic rings. The molecule has 0 spiro atoms. The molecule has 1 fully saturated rings. The van der Waals surface area contributed by atoms with E-state index in [1.54, 1.807) is 15.9 Å². The molecule has 1 saturated heterocycles. The number of hydrogen-bond donors (Lipinski definition) is 1. The Morgan fingerprint density at radius 2 is 1.80 bits per heavy atom. The Morgan fingerprint density at radius 3 is 2.44 bits per heavy atom. The highest BCUT2D eigenvalue weighted by Gasteiger charge is 2.26. The minimum atomic E-state index is -0.490. The largest absolute Gasteiger partial charge is 0.340 e. The number of rotatable bonds is 4. The van der Waals surface area contributed by atoms with Gasteiger partial charge < -0.3 is 15.5 Å². The van der Waals surface area contributed by atoms with E-state index in [0.717, 1.165) is 0 Å². The van der Waals surface area contributed by atoms with E-state index in [1.165, 1.54) is 18.2 Å². The zero-order valence-electron chi connectivity index (χ0n) is 14.8. The van der Waals surface area contributed by atoms with Crippen LogP contribution in [0.25, 0.3) is 0 Å². The van der Waals surface area contributed by atoms with E-state index in [1.807, 2.05) is 13.8 Å². The molecular formula is C18H27ClFN3O2.